The third kappa shape index (κ3) is 4.41. The van der Waals surface area contributed by atoms with Gasteiger partial charge in [0.25, 0.3) is 5.91 Å². The molecule has 25 heavy (non-hydrogen) atoms. The van der Waals surface area contributed by atoms with Crippen LogP contribution < -0.4 is 10.2 Å². The molecule has 0 aliphatic heterocycles. The van der Waals surface area contributed by atoms with Crippen LogP contribution in [0.5, 0.6) is 5.75 Å². The summed E-state index contributed by atoms with van der Waals surface area (Å²) in [6, 6.07) is 19.5. The van der Waals surface area contributed by atoms with Crippen molar-refractivity contribution in [1.82, 2.24) is 5.43 Å². The second-order valence-corrected chi connectivity index (χ2v) is 5.54. The highest BCUT2D eigenvalue weighted by molar-refractivity contribution is 6.02. The maximum absolute atomic E-state index is 12.8. The molecule has 3 rings (SSSR count). The molecule has 0 aliphatic carbocycles. The topological polar surface area (TPSA) is 50.7 Å². The van der Waals surface area contributed by atoms with Crippen molar-refractivity contribution in [3.05, 3.63) is 78.1 Å². The molecule has 0 saturated carbocycles. The summed E-state index contributed by atoms with van der Waals surface area (Å²) in [7, 11) is 0. The van der Waals surface area contributed by atoms with Crippen molar-refractivity contribution in [3.63, 3.8) is 0 Å². The Hall–Kier alpha value is -3.21. The van der Waals surface area contributed by atoms with Crippen LogP contribution in [-0.4, -0.2) is 18.2 Å². The molecule has 0 fully saturated rings. The molecule has 1 amide bonds. The summed E-state index contributed by atoms with van der Waals surface area (Å²) in [4.78, 5) is 11.8. The molecule has 1 N–H and O–H groups in total. The summed E-state index contributed by atoms with van der Waals surface area (Å²) < 4.78 is 18.1. The molecule has 0 atom stereocenters. The van der Waals surface area contributed by atoms with E-state index < -0.39 is 0 Å². The van der Waals surface area contributed by atoms with E-state index >= 15 is 0 Å². The largest absolute Gasteiger partial charge is 0.484 e. The molecular formula is C20H17FN2O2. The Labute approximate surface area is 144 Å². The molecule has 0 radical (unpaired) electrons. The number of nitrogens with one attached hydrogen (secondary N) is 1. The summed E-state index contributed by atoms with van der Waals surface area (Å²) in [6.07, 6.45) is 0. The molecule has 5 heteroatoms. The van der Waals surface area contributed by atoms with E-state index in [9.17, 15) is 9.18 Å². The van der Waals surface area contributed by atoms with E-state index in [2.05, 4.69) is 10.5 Å². The van der Waals surface area contributed by atoms with E-state index in [4.69, 9.17) is 4.74 Å². The lowest BCUT2D eigenvalue weighted by Crippen LogP contribution is -2.25. The zero-order valence-electron chi connectivity index (χ0n) is 13.7. The normalized spacial score (nSPS) is 11.4. The summed E-state index contributed by atoms with van der Waals surface area (Å²) in [5.74, 6) is -0.316. The van der Waals surface area contributed by atoms with Gasteiger partial charge in [-0.15, -0.1) is 0 Å². The predicted octanol–water partition coefficient (Wildman–Crippen LogP) is 3.90. The number of carbonyl (C=O) groups is 1. The van der Waals surface area contributed by atoms with Crippen LogP contribution in [0.2, 0.25) is 0 Å². The number of amides is 1. The lowest BCUT2D eigenvalue weighted by Gasteiger charge is -2.06. The summed E-state index contributed by atoms with van der Waals surface area (Å²) in [6.45, 7) is 1.63. The Bertz CT molecular complexity index is 920. The van der Waals surface area contributed by atoms with Gasteiger partial charge in [-0.25, -0.2) is 9.82 Å². The van der Waals surface area contributed by atoms with Gasteiger partial charge in [0.15, 0.2) is 6.61 Å². The van der Waals surface area contributed by atoms with Crippen LogP contribution in [0.4, 0.5) is 4.39 Å². The second-order valence-electron chi connectivity index (χ2n) is 5.54. The number of carbonyl (C=O) groups excluding carboxylic acids is 1. The minimum absolute atomic E-state index is 0.194. The fraction of sp³-hybridized carbons (Fsp3) is 0.100. The van der Waals surface area contributed by atoms with Crippen LogP contribution in [-0.2, 0) is 4.79 Å². The molecule has 3 aromatic carbocycles. The number of rotatable bonds is 5. The van der Waals surface area contributed by atoms with Crippen LogP contribution in [0.15, 0.2) is 71.8 Å². The molecule has 0 spiro atoms. The number of benzene rings is 3. The van der Waals surface area contributed by atoms with Crippen molar-refractivity contribution in [2.45, 2.75) is 6.92 Å². The highest BCUT2D eigenvalue weighted by Gasteiger charge is 2.04. The van der Waals surface area contributed by atoms with E-state index in [0.717, 1.165) is 16.3 Å². The van der Waals surface area contributed by atoms with Crippen molar-refractivity contribution >= 4 is 22.4 Å². The smallest absolute Gasteiger partial charge is 0.277 e. The summed E-state index contributed by atoms with van der Waals surface area (Å²) in [5, 5.41) is 6.37. The number of hydrogen-bond acceptors (Lipinski definition) is 3. The zero-order chi connectivity index (χ0) is 17.6. The van der Waals surface area contributed by atoms with Gasteiger partial charge in [0, 0.05) is 0 Å². The summed E-state index contributed by atoms with van der Waals surface area (Å²) >= 11 is 0. The van der Waals surface area contributed by atoms with Crippen molar-refractivity contribution < 1.29 is 13.9 Å². The first-order valence-corrected chi connectivity index (χ1v) is 7.82. The minimum atomic E-state index is -0.385. The molecule has 4 nitrogen and oxygen atoms in total. The average molecular weight is 336 g/mol. The van der Waals surface area contributed by atoms with Crippen molar-refractivity contribution in [3.8, 4) is 5.75 Å². The van der Waals surface area contributed by atoms with Crippen LogP contribution in [0.25, 0.3) is 10.8 Å². The van der Waals surface area contributed by atoms with Crippen LogP contribution in [0.1, 0.15) is 12.5 Å². The maximum atomic E-state index is 12.8. The van der Waals surface area contributed by atoms with E-state index in [1.54, 1.807) is 0 Å². The fourth-order valence-electron chi connectivity index (χ4n) is 2.34. The van der Waals surface area contributed by atoms with Crippen molar-refractivity contribution in [2.24, 2.45) is 5.10 Å². The Balaban J connectivity index is 1.59. The molecule has 0 unspecified atom stereocenters. The Morgan fingerprint density at radius 2 is 1.76 bits per heavy atom. The Morgan fingerprint density at radius 3 is 2.52 bits per heavy atom. The van der Waals surface area contributed by atoms with Crippen LogP contribution in [0, 0.1) is 5.82 Å². The SMILES string of the molecule is C/C(=N\NC(=O)COc1ccc(F)cc1)c1ccc2ccccc2c1. The van der Waals surface area contributed by atoms with Gasteiger partial charge in [-0.05, 0) is 53.6 Å². The van der Waals surface area contributed by atoms with Crippen molar-refractivity contribution in [1.29, 1.82) is 0 Å². The number of halogens is 1. The molecule has 0 heterocycles. The number of fused-ring (bicyclic) bond motifs is 1. The zero-order valence-corrected chi connectivity index (χ0v) is 13.7. The first kappa shape index (κ1) is 16.6. The van der Waals surface area contributed by atoms with E-state index in [1.807, 2.05) is 49.4 Å². The van der Waals surface area contributed by atoms with Gasteiger partial charge < -0.3 is 4.74 Å². The Kier molecular flexibility index (Phi) is 5.04. The van der Waals surface area contributed by atoms with Gasteiger partial charge in [-0.1, -0.05) is 36.4 Å². The monoisotopic (exact) mass is 336 g/mol. The van der Waals surface area contributed by atoms with Crippen LogP contribution in [0.3, 0.4) is 0 Å². The lowest BCUT2D eigenvalue weighted by molar-refractivity contribution is -0.123. The quantitative estimate of drug-likeness (QED) is 0.567. The van der Waals surface area contributed by atoms with Crippen molar-refractivity contribution in [2.75, 3.05) is 6.61 Å². The number of hydrazone groups is 1. The summed E-state index contributed by atoms with van der Waals surface area (Å²) in [5.41, 5.74) is 4.08. The lowest BCUT2D eigenvalue weighted by atomic mass is 10.0. The molecular weight excluding hydrogens is 319 g/mol. The fourth-order valence-corrected chi connectivity index (χ4v) is 2.34. The number of hydrogen-bond donors (Lipinski definition) is 1. The van der Waals surface area contributed by atoms with Crippen LogP contribution >= 0.6 is 0 Å². The van der Waals surface area contributed by atoms with Gasteiger partial charge in [-0.2, -0.15) is 5.10 Å². The van der Waals surface area contributed by atoms with E-state index in [-0.39, 0.29) is 18.3 Å². The Morgan fingerprint density at radius 1 is 1.04 bits per heavy atom. The van der Waals surface area contributed by atoms with Gasteiger partial charge in [0.05, 0.1) is 5.71 Å². The average Bonchev–Trinajstić information content (AvgIpc) is 2.65. The predicted molar refractivity (Wildman–Crippen MR) is 96.2 cm³/mol. The van der Waals surface area contributed by atoms with E-state index in [0.29, 0.717) is 11.5 Å². The number of nitrogens with zero attached hydrogens (tertiary/aromatic N) is 1. The highest BCUT2D eigenvalue weighted by Crippen LogP contribution is 2.16. The molecule has 0 aliphatic rings. The molecule has 0 bridgehead atoms. The molecule has 0 aromatic heterocycles. The molecule has 0 saturated heterocycles. The third-order valence-corrected chi connectivity index (χ3v) is 3.70. The first-order valence-electron chi connectivity index (χ1n) is 7.82. The van der Waals surface area contributed by atoms with Gasteiger partial charge in [0.2, 0.25) is 0 Å². The molecule has 3 aromatic rings. The second kappa shape index (κ2) is 7.57. The standard InChI is InChI=1S/C20H17FN2O2/c1-14(16-7-6-15-4-2-3-5-17(15)12-16)22-23-20(24)13-25-19-10-8-18(21)9-11-19/h2-12H,13H2,1H3,(H,23,24)/b22-14+. The van der Waals surface area contributed by atoms with Gasteiger partial charge in [0.1, 0.15) is 11.6 Å². The highest BCUT2D eigenvalue weighted by atomic mass is 19.1. The molecule has 126 valence electrons. The van der Waals surface area contributed by atoms with Gasteiger partial charge >= 0.3 is 0 Å². The maximum Gasteiger partial charge on any atom is 0.277 e. The van der Waals surface area contributed by atoms with E-state index in [1.165, 1.54) is 24.3 Å². The number of ether oxygens (including phenoxy) is 1. The minimum Gasteiger partial charge on any atom is -0.484 e. The van der Waals surface area contributed by atoms with Gasteiger partial charge in [-0.3, -0.25) is 4.79 Å². The first-order chi connectivity index (χ1) is 12.1. The third-order valence-electron chi connectivity index (χ3n) is 3.70.